The van der Waals surface area contributed by atoms with Crippen LogP contribution in [0.1, 0.15) is 27.0 Å². The van der Waals surface area contributed by atoms with E-state index in [-0.39, 0.29) is 5.78 Å². The molecule has 1 aliphatic heterocycles. The largest absolute Gasteiger partial charge is 0.496 e. The maximum absolute atomic E-state index is 12.7. The highest BCUT2D eigenvalue weighted by Crippen LogP contribution is 2.31. The van der Waals surface area contributed by atoms with E-state index in [0.29, 0.717) is 23.5 Å². The van der Waals surface area contributed by atoms with Crippen LogP contribution in [0.5, 0.6) is 11.5 Å². The molecular weight excluding hydrogens is 332 g/mol. The molecule has 0 aliphatic carbocycles. The number of aryl methyl sites for hydroxylation is 1. The first kappa shape index (κ1) is 14.1. The molecule has 0 saturated heterocycles. The summed E-state index contributed by atoms with van der Waals surface area (Å²) in [6, 6.07) is 9.27. The molecule has 0 amide bonds. The van der Waals surface area contributed by atoms with Crippen LogP contribution in [0, 0.1) is 6.92 Å². The Balaban J connectivity index is 2.04. The summed E-state index contributed by atoms with van der Waals surface area (Å²) >= 11 is 3.47. The molecule has 1 aliphatic rings. The van der Waals surface area contributed by atoms with Crippen molar-refractivity contribution in [1.29, 1.82) is 0 Å². The zero-order chi connectivity index (χ0) is 15.0. The summed E-state index contributed by atoms with van der Waals surface area (Å²) in [4.78, 5) is 12.7. The number of hydrogen-bond acceptors (Lipinski definition) is 3. The molecule has 0 spiro atoms. The van der Waals surface area contributed by atoms with Crippen LogP contribution in [0.25, 0.3) is 0 Å². The summed E-state index contributed by atoms with van der Waals surface area (Å²) in [5.74, 6) is 1.43. The summed E-state index contributed by atoms with van der Waals surface area (Å²) in [6.45, 7) is 2.65. The Morgan fingerprint density at radius 1 is 1.29 bits per heavy atom. The lowest BCUT2D eigenvalue weighted by molar-refractivity contribution is 0.103. The molecule has 2 aromatic rings. The molecule has 0 N–H and O–H groups in total. The van der Waals surface area contributed by atoms with Gasteiger partial charge in [-0.2, -0.15) is 0 Å². The number of rotatable bonds is 3. The van der Waals surface area contributed by atoms with Crippen molar-refractivity contribution in [3.8, 4) is 11.5 Å². The van der Waals surface area contributed by atoms with E-state index >= 15 is 0 Å². The highest BCUT2D eigenvalue weighted by Gasteiger charge is 2.19. The van der Waals surface area contributed by atoms with E-state index in [9.17, 15) is 4.79 Å². The van der Waals surface area contributed by atoms with Gasteiger partial charge in [0.1, 0.15) is 11.5 Å². The standard InChI is InChI=1S/C17H15BrO3/c1-10-7-16(20-2)13(9-14(10)18)17(19)12-3-4-15-11(8-12)5-6-21-15/h3-4,7-9H,5-6H2,1-2H3. The number of carbonyl (C=O) groups excluding carboxylic acids is 1. The minimum atomic E-state index is -0.0396. The van der Waals surface area contributed by atoms with Gasteiger partial charge < -0.3 is 9.47 Å². The summed E-state index contributed by atoms with van der Waals surface area (Å²) < 4.78 is 11.7. The third-order valence-electron chi connectivity index (χ3n) is 3.68. The molecule has 1 heterocycles. The van der Waals surface area contributed by atoms with Gasteiger partial charge in [0.15, 0.2) is 5.78 Å². The van der Waals surface area contributed by atoms with Crippen molar-refractivity contribution >= 4 is 21.7 Å². The number of ether oxygens (including phenoxy) is 2. The monoisotopic (exact) mass is 346 g/mol. The Morgan fingerprint density at radius 3 is 2.86 bits per heavy atom. The van der Waals surface area contributed by atoms with E-state index in [1.807, 2.05) is 31.2 Å². The molecule has 0 fully saturated rings. The van der Waals surface area contributed by atoms with Crippen molar-refractivity contribution in [1.82, 2.24) is 0 Å². The van der Waals surface area contributed by atoms with Gasteiger partial charge >= 0.3 is 0 Å². The summed E-state index contributed by atoms with van der Waals surface area (Å²) in [6.07, 6.45) is 0.852. The van der Waals surface area contributed by atoms with Crippen LogP contribution >= 0.6 is 15.9 Å². The van der Waals surface area contributed by atoms with Crippen LogP contribution in [0.15, 0.2) is 34.8 Å². The Kier molecular flexibility index (Phi) is 3.72. The van der Waals surface area contributed by atoms with Crippen LogP contribution in [-0.4, -0.2) is 19.5 Å². The molecule has 3 nitrogen and oxygen atoms in total. The highest BCUT2D eigenvalue weighted by atomic mass is 79.9. The van der Waals surface area contributed by atoms with E-state index < -0.39 is 0 Å². The van der Waals surface area contributed by atoms with Crippen LogP contribution in [0.3, 0.4) is 0 Å². The SMILES string of the molecule is COc1cc(C)c(Br)cc1C(=O)c1ccc2c(c1)CCO2. The number of carbonyl (C=O) groups is 1. The zero-order valence-corrected chi connectivity index (χ0v) is 13.5. The third kappa shape index (κ3) is 2.56. The van der Waals surface area contributed by atoms with Gasteiger partial charge in [-0.05, 0) is 48.4 Å². The Morgan fingerprint density at radius 2 is 2.10 bits per heavy atom. The van der Waals surface area contributed by atoms with Gasteiger partial charge in [0, 0.05) is 16.5 Å². The maximum atomic E-state index is 12.7. The van der Waals surface area contributed by atoms with Crippen LogP contribution < -0.4 is 9.47 Å². The highest BCUT2D eigenvalue weighted by molar-refractivity contribution is 9.10. The van der Waals surface area contributed by atoms with E-state index in [4.69, 9.17) is 9.47 Å². The first-order valence-corrected chi connectivity index (χ1v) is 7.54. The normalized spacial score (nSPS) is 12.7. The molecule has 0 atom stereocenters. The lowest BCUT2D eigenvalue weighted by atomic mass is 9.99. The number of hydrogen-bond donors (Lipinski definition) is 0. The van der Waals surface area contributed by atoms with Crippen molar-refractivity contribution in [2.75, 3.05) is 13.7 Å². The van der Waals surface area contributed by atoms with Gasteiger partial charge in [0.05, 0.1) is 19.3 Å². The molecule has 4 heteroatoms. The maximum Gasteiger partial charge on any atom is 0.196 e. The molecule has 108 valence electrons. The zero-order valence-electron chi connectivity index (χ0n) is 11.9. The molecule has 0 unspecified atom stereocenters. The molecule has 0 bridgehead atoms. The molecule has 0 radical (unpaired) electrons. The molecule has 2 aromatic carbocycles. The fourth-order valence-electron chi connectivity index (χ4n) is 2.48. The predicted octanol–water partition coefficient (Wildman–Crippen LogP) is 3.93. The number of benzene rings is 2. The number of fused-ring (bicyclic) bond motifs is 1. The van der Waals surface area contributed by atoms with Crippen LogP contribution in [-0.2, 0) is 6.42 Å². The smallest absolute Gasteiger partial charge is 0.196 e. The lowest BCUT2D eigenvalue weighted by Crippen LogP contribution is -2.05. The van der Waals surface area contributed by atoms with Crippen molar-refractivity contribution in [2.45, 2.75) is 13.3 Å². The fourth-order valence-corrected chi connectivity index (χ4v) is 2.83. The third-order valence-corrected chi connectivity index (χ3v) is 4.53. The number of halogens is 1. The van der Waals surface area contributed by atoms with E-state index in [0.717, 1.165) is 27.8 Å². The van der Waals surface area contributed by atoms with Crippen molar-refractivity contribution in [3.63, 3.8) is 0 Å². The Labute approximate surface area is 132 Å². The minimum absolute atomic E-state index is 0.0396. The van der Waals surface area contributed by atoms with Crippen LogP contribution in [0.4, 0.5) is 0 Å². The van der Waals surface area contributed by atoms with E-state index in [1.54, 1.807) is 13.2 Å². The van der Waals surface area contributed by atoms with Crippen molar-refractivity contribution < 1.29 is 14.3 Å². The van der Waals surface area contributed by atoms with Crippen molar-refractivity contribution in [3.05, 3.63) is 57.1 Å². The quantitative estimate of drug-likeness (QED) is 0.790. The first-order valence-electron chi connectivity index (χ1n) is 6.74. The fraction of sp³-hybridized carbons (Fsp3) is 0.235. The van der Waals surface area contributed by atoms with Crippen molar-refractivity contribution in [2.24, 2.45) is 0 Å². The second-order valence-electron chi connectivity index (χ2n) is 5.05. The molecule has 3 rings (SSSR count). The average Bonchev–Trinajstić information content (AvgIpc) is 2.96. The summed E-state index contributed by atoms with van der Waals surface area (Å²) in [5.41, 5.74) is 3.35. The van der Waals surface area contributed by atoms with Crippen LogP contribution in [0.2, 0.25) is 0 Å². The van der Waals surface area contributed by atoms with Gasteiger partial charge in [-0.1, -0.05) is 15.9 Å². The number of methoxy groups -OCH3 is 1. The summed E-state index contributed by atoms with van der Waals surface area (Å²) in [7, 11) is 1.58. The van der Waals surface area contributed by atoms with Gasteiger partial charge in [-0.25, -0.2) is 0 Å². The number of ketones is 1. The van der Waals surface area contributed by atoms with Gasteiger partial charge in [0.2, 0.25) is 0 Å². The second kappa shape index (κ2) is 5.53. The molecule has 21 heavy (non-hydrogen) atoms. The first-order chi connectivity index (χ1) is 10.1. The summed E-state index contributed by atoms with van der Waals surface area (Å²) in [5, 5.41) is 0. The minimum Gasteiger partial charge on any atom is -0.496 e. The average molecular weight is 347 g/mol. The molecule has 0 saturated carbocycles. The van der Waals surface area contributed by atoms with Gasteiger partial charge in [-0.3, -0.25) is 4.79 Å². The Bertz CT molecular complexity index is 722. The van der Waals surface area contributed by atoms with E-state index in [2.05, 4.69) is 15.9 Å². The Hall–Kier alpha value is -1.81. The topological polar surface area (TPSA) is 35.5 Å². The second-order valence-corrected chi connectivity index (χ2v) is 5.91. The van der Waals surface area contributed by atoms with E-state index in [1.165, 1.54) is 0 Å². The predicted molar refractivity (Wildman–Crippen MR) is 84.5 cm³/mol. The lowest BCUT2D eigenvalue weighted by Gasteiger charge is -2.11. The molecular formula is C17H15BrO3. The van der Waals surface area contributed by atoms with Gasteiger partial charge in [-0.15, -0.1) is 0 Å². The molecule has 0 aromatic heterocycles. The van der Waals surface area contributed by atoms with Gasteiger partial charge in [0.25, 0.3) is 0 Å².